The number of aromatic nitrogens is 1. The minimum absolute atomic E-state index is 0.191. The zero-order chi connectivity index (χ0) is 11.1. The minimum Gasteiger partial charge on any atom is -0.382 e. The van der Waals surface area contributed by atoms with Gasteiger partial charge in [0.1, 0.15) is 11.6 Å². The van der Waals surface area contributed by atoms with Crippen LogP contribution in [0.1, 0.15) is 20.8 Å². The van der Waals surface area contributed by atoms with Crippen LogP contribution in [0.3, 0.4) is 0 Å². The van der Waals surface area contributed by atoms with E-state index in [4.69, 9.17) is 17.3 Å². The highest BCUT2D eigenvalue weighted by Crippen LogP contribution is 2.17. The topological polar surface area (TPSA) is 68.0 Å². The van der Waals surface area contributed by atoms with Gasteiger partial charge in [0, 0.05) is 6.92 Å². The summed E-state index contributed by atoms with van der Waals surface area (Å²) < 4.78 is 0. The largest absolute Gasteiger partial charge is 0.382 e. The second kappa shape index (κ2) is 6.21. The Morgan fingerprint density at radius 3 is 2.50 bits per heavy atom. The smallest absolute Gasteiger partial charge is 0.222 e. The molecule has 0 aromatic carbocycles. The van der Waals surface area contributed by atoms with Gasteiger partial charge in [-0.3, -0.25) is 4.79 Å². The van der Waals surface area contributed by atoms with Crippen molar-refractivity contribution >= 4 is 29.1 Å². The lowest BCUT2D eigenvalue weighted by atomic mass is 10.4. The van der Waals surface area contributed by atoms with Crippen molar-refractivity contribution in [2.75, 3.05) is 11.1 Å². The van der Waals surface area contributed by atoms with Crippen molar-refractivity contribution in [3.63, 3.8) is 0 Å². The van der Waals surface area contributed by atoms with Crippen LogP contribution >= 0.6 is 11.6 Å². The maximum atomic E-state index is 10.6. The van der Waals surface area contributed by atoms with Gasteiger partial charge in [0.25, 0.3) is 0 Å². The zero-order valence-corrected chi connectivity index (χ0v) is 9.22. The van der Waals surface area contributed by atoms with Gasteiger partial charge in [-0.05, 0) is 12.1 Å². The lowest BCUT2D eigenvalue weighted by Crippen LogP contribution is -2.08. The molecule has 0 aliphatic carbocycles. The first-order valence-corrected chi connectivity index (χ1v) is 4.67. The number of nitrogen functional groups attached to an aromatic ring is 1. The first kappa shape index (κ1) is 12.7. The summed E-state index contributed by atoms with van der Waals surface area (Å²) in [6, 6.07) is 3.16. The van der Waals surface area contributed by atoms with Crippen molar-refractivity contribution in [1.29, 1.82) is 0 Å². The van der Waals surface area contributed by atoms with Crippen molar-refractivity contribution in [2.45, 2.75) is 20.8 Å². The van der Waals surface area contributed by atoms with Gasteiger partial charge in [-0.1, -0.05) is 25.4 Å². The predicted molar refractivity (Wildman–Crippen MR) is 59.3 cm³/mol. The Hall–Kier alpha value is -1.29. The number of pyridine rings is 1. The summed E-state index contributed by atoms with van der Waals surface area (Å²) >= 11 is 5.62. The van der Waals surface area contributed by atoms with Crippen LogP contribution in [0, 0.1) is 0 Å². The molecule has 0 aliphatic heterocycles. The number of nitrogens with zero attached hydrogens (tertiary/aromatic N) is 1. The Balaban J connectivity index is 0.000000791. The van der Waals surface area contributed by atoms with Crippen LogP contribution < -0.4 is 11.1 Å². The molecule has 4 nitrogen and oxygen atoms in total. The van der Waals surface area contributed by atoms with Crippen LogP contribution in [0.2, 0.25) is 5.02 Å². The number of hydrogen-bond acceptors (Lipinski definition) is 3. The monoisotopic (exact) mass is 215 g/mol. The van der Waals surface area contributed by atoms with Gasteiger partial charge in [-0.15, -0.1) is 0 Å². The van der Waals surface area contributed by atoms with Gasteiger partial charge in [-0.2, -0.15) is 0 Å². The summed E-state index contributed by atoms with van der Waals surface area (Å²) in [7, 11) is 0. The van der Waals surface area contributed by atoms with E-state index in [1.165, 1.54) is 6.92 Å². The molecule has 0 atom stereocenters. The number of halogens is 1. The summed E-state index contributed by atoms with van der Waals surface area (Å²) in [5.41, 5.74) is 5.40. The molecule has 0 radical (unpaired) electrons. The SMILES string of the molecule is CC.CC(=O)Nc1ccc(Cl)c(N)n1. The summed E-state index contributed by atoms with van der Waals surface area (Å²) in [5, 5.41) is 2.86. The van der Waals surface area contributed by atoms with E-state index in [0.717, 1.165) is 0 Å². The van der Waals surface area contributed by atoms with E-state index in [0.29, 0.717) is 10.8 Å². The number of nitrogens with two attached hydrogens (primary N) is 1. The fraction of sp³-hybridized carbons (Fsp3) is 0.333. The maximum absolute atomic E-state index is 10.6. The summed E-state index contributed by atoms with van der Waals surface area (Å²) in [6.45, 7) is 5.40. The molecule has 0 unspecified atom stereocenters. The Kier molecular flexibility index (Phi) is 5.64. The number of anilines is 2. The summed E-state index contributed by atoms with van der Waals surface area (Å²) in [4.78, 5) is 14.4. The third kappa shape index (κ3) is 4.09. The molecule has 1 amide bonds. The molecule has 0 bridgehead atoms. The Bertz CT molecular complexity index is 315. The van der Waals surface area contributed by atoms with Crippen LogP contribution in [-0.4, -0.2) is 10.9 Å². The summed E-state index contributed by atoms with van der Waals surface area (Å²) in [5.74, 6) is 0.427. The number of hydrogen-bond donors (Lipinski definition) is 2. The van der Waals surface area contributed by atoms with Crippen molar-refractivity contribution in [1.82, 2.24) is 4.98 Å². The quantitative estimate of drug-likeness (QED) is 0.756. The Morgan fingerprint density at radius 2 is 2.07 bits per heavy atom. The molecule has 78 valence electrons. The zero-order valence-electron chi connectivity index (χ0n) is 8.47. The lowest BCUT2D eigenvalue weighted by Gasteiger charge is -2.02. The maximum Gasteiger partial charge on any atom is 0.222 e. The first-order chi connectivity index (χ1) is 6.59. The van der Waals surface area contributed by atoms with E-state index in [2.05, 4.69) is 10.3 Å². The van der Waals surface area contributed by atoms with Crippen molar-refractivity contribution in [3.05, 3.63) is 17.2 Å². The fourth-order valence-electron chi connectivity index (χ4n) is 0.708. The van der Waals surface area contributed by atoms with Crippen molar-refractivity contribution in [3.8, 4) is 0 Å². The first-order valence-electron chi connectivity index (χ1n) is 4.29. The number of nitrogens with one attached hydrogen (secondary N) is 1. The van der Waals surface area contributed by atoms with Gasteiger partial charge in [-0.25, -0.2) is 4.98 Å². The van der Waals surface area contributed by atoms with Gasteiger partial charge < -0.3 is 11.1 Å². The lowest BCUT2D eigenvalue weighted by molar-refractivity contribution is -0.114. The molecular weight excluding hydrogens is 202 g/mol. The minimum atomic E-state index is -0.191. The number of carbonyl (C=O) groups is 1. The predicted octanol–water partition coefficient (Wildman–Crippen LogP) is 2.30. The van der Waals surface area contributed by atoms with E-state index in [1.54, 1.807) is 12.1 Å². The van der Waals surface area contributed by atoms with Crippen LogP contribution in [0.25, 0.3) is 0 Å². The van der Waals surface area contributed by atoms with Crippen LogP contribution in [0.5, 0.6) is 0 Å². The number of amides is 1. The molecule has 1 rings (SSSR count). The van der Waals surface area contributed by atoms with E-state index in [1.807, 2.05) is 13.8 Å². The average molecular weight is 216 g/mol. The molecule has 1 heterocycles. The standard InChI is InChI=1S/C7H8ClN3O.C2H6/c1-4(12)10-6-3-2-5(8)7(9)11-6;1-2/h2-3H,1H3,(H3,9,10,11,12);1-2H3. The molecule has 1 aromatic rings. The molecule has 14 heavy (non-hydrogen) atoms. The highest BCUT2D eigenvalue weighted by molar-refractivity contribution is 6.32. The molecule has 0 aliphatic rings. The second-order valence-electron chi connectivity index (χ2n) is 2.24. The Labute approximate surface area is 88.5 Å². The highest BCUT2D eigenvalue weighted by atomic mass is 35.5. The van der Waals surface area contributed by atoms with Crippen molar-refractivity contribution in [2.24, 2.45) is 0 Å². The average Bonchev–Trinajstić information content (AvgIpc) is 2.14. The Morgan fingerprint density at radius 1 is 1.50 bits per heavy atom. The van der Waals surface area contributed by atoms with Gasteiger partial charge >= 0.3 is 0 Å². The van der Waals surface area contributed by atoms with Crippen LogP contribution in [-0.2, 0) is 4.79 Å². The third-order valence-corrected chi connectivity index (χ3v) is 1.50. The van der Waals surface area contributed by atoms with Crippen LogP contribution in [0.15, 0.2) is 12.1 Å². The van der Waals surface area contributed by atoms with Crippen LogP contribution in [0.4, 0.5) is 11.6 Å². The molecule has 0 spiro atoms. The molecule has 0 fully saturated rings. The van der Waals surface area contributed by atoms with Crippen molar-refractivity contribution < 1.29 is 4.79 Å². The molecule has 1 aromatic heterocycles. The van der Waals surface area contributed by atoms with E-state index in [9.17, 15) is 4.79 Å². The molecule has 3 N–H and O–H groups in total. The number of carbonyl (C=O) groups excluding carboxylic acids is 1. The van der Waals surface area contributed by atoms with E-state index in [-0.39, 0.29) is 11.7 Å². The number of rotatable bonds is 1. The normalized spacial score (nSPS) is 8.57. The van der Waals surface area contributed by atoms with E-state index >= 15 is 0 Å². The molecule has 5 heteroatoms. The second-order valence-corrected chi connectivity index (χ2v) is 2.65. The van der Waals surface area contributed by atoms with Gasteiger partial charge in [0.2, 0.25) is 5.91 Å². The molecule has 0 saturated heterocycles. The summed E-state index contributed by atoms with van der Waals surface area (Å²) in [6.07, 6.45) is 0. The molecular formula is C9H14ClN3O. The van der Waals surface area contributed by atoms with Gasteiger partial charge in [0.15, 0.2) is 0 Å². The molecule has 0 saturated carbocycles. The third-order valence-electron chi connectivity index (χ3n) is 1.18. The highest BCUT2D eigenvalue weighted by Gasteiger charge is 2.00. The van der Waals surface area contributed by atoms with Gasteiger partial charge in [0.05, 0.1) is 5.02 Å². The van der Waals surface area contributed by atoms with E-state index < -0.39 is 0 Å². The fourth-order valence-corrected chi connectivity index (χ4v) is 0.813.